The van der Waals surface area contributed by atoms with Gasteiger partial charge >= 0.3 is 12.1 Å². The number of aromatic nitrogens is 2. The molecule has 1 N–H and O–H groups in total. The number of aliphatic carboxylic acids is 1. The molecule has 2 aromatic rings. The first-order chi connectivity index (χ1) is 18.7. The van der Waals surface area contributed by atoms with Gasteiger partial charge in [-0.15, -0.1) is 0 Å². The summed E-state index contributed by atoms with van der Waals surface area (Å²) >= 11 is 0. The number of rotatable bonds is 8. The lowest BCUT2D eigenvalue weighted by molar-refractivity contribution is -0.146. The molecule has 1 aliphatic carbocycles. The van der Waals surface area contributed by atoms with E-state index >= 15 is 0 Å². The van der Waals surface area contributed by atoms with Crippen LogP contribution in [0.25, 0.3) is 0 Å². The second-order valence-corrected chi connectivity index (χ2v) is 11.8. The van der Waals surface area contributed by atoms with Crippen molar-refractivity contribution in [1.29, 1.82) is 0 Å². The normalized spacial score (nSPS) is 25.2. The van der Waals surface area contributed by atoms with Crippen molar-refractivity contribution in [3.05, 3.63) is 53.3 Å². The maximum absolute atomic E-state index is 13.4. The highest BCUT2D eigenvalue weighted by Gasteiger charge is 2.43. The molecule has 3 aliphatic rings. The van der Waals surface area contributed by atoms with Crippen LogP contribution in [-0.4, -0.2) is 69.4 Å². The van der Waals surface area contributed by atoms with Crippen molar-refractivity contribution in [2.45, 2.75) is 82.5 Å². The van der Waals surface area contributed by atoms with Gasteiger partial charge in [0, 0.05) is 38.0 Å². The van der Waals surface area contributed by atoms with Gasteiger partial charge < -0.3 is 10.0 Å². The standard InChI is InChI=1S/C30H41F3N4O2/c1-2-37-27(30(31,32)33)17-26(34-37)22-13-15-35(16-14-22)18-24-19-36(20-25(24)21-9-5-3-6-10-21)28(29(38)39)23-11-7-4-8-12-23/h3,5-6,9-10,17,22-25,28H,2,4,7-8,11-16,18-20H2,1H3,(H,38,39)/t24-,25+,28+/m0/s1. The average Bonchev–Trinajstić information content (AvgIpc) is 3.55. The molecule has 2 saturated heterocycles. The van der Waals surface area contributed by atoms with E-state index in [2.05, 4.69) is 39.2 Å². The van der Waals surface area contributed by atoms with Crippen molar-refractivity contribution in [2.75, 3.05) is 32.7 Å². The number of carboxylic acid groups (broad SMARTS) is 1. The van der Waals surface area contributed by atoms with Crippen LogP contribution < -0.4 is 0 Å². The van der Waals surface area contributed by atoms with Crippen LogP contribution in [-0.2, 0) is 17.5 Å². The molecule has 1 saturated carbocycles. The van der Waals surface area contributed by atoms with Crippen LogP contribution >= 0.6 is 0 Å². The Kier molecular flexibility index (Phi) is 8.66. The van der Waals surface area contributed by atoms with Crippen LogP contribution in [0.3, 0.4) is 0 Å². The number of halogens is 3. The molecule has 2 aliphatic heterocycles. The first kappa shape index (κ1) is 28.1. The molecular formula is C30H41F3N4O2. The zero-order chi connectivity index (χ0) is 27.6. The van der Waals surface area contributed by atoms with Crippen molar-refractivity contribution in [2.24, 2.45) is 11.8 Å². The van der Waals surface area contributed by atoms with Gasteiger partial charge in [-0.3, -0.25) is 14.4 Å². The summed E-state index contributed by atoms with van der Waals surface area (Å²) in [6.07, 6.45) is 2.58. The van der Waals surface area contributed by atoms with Crippen LogP contribution in [0.2, 0.25) is 0 Å². The summed E-state index contributed by atoms with van der Waals surface area (Å²) in [4.78, 5) is 17.1. The predicted molar refractivity (Wildman–Crippen MR) is 144 cm³/mol. The van der Waals surface area contributed by atoms with Crippen LogP contribution in [0.4, 0.5) is 13.2 Å². The molecular weight excluding hydrogens is 505 g/mol. The first-order valence-electron chi connectivity index (χ1n) is 14.6. The van der Waals surface area contributed by atoms with E-state index in [-0.39, 0.29) is 24.3 Å². The number of piperidine rings is 1. The van der Waals surface area contributed by atoms with Crippen LogP contribution in [0.5, 0.6) is 0 Å². The fourth-order valence-corrected chi connectivity index (χ4v) is 7.35. The lowest BCUT2D eigenvalue weighted by atomic mass is 9.83. The third kappa shape index (κ3) is 6.35. The lowest BCUT2D eigenvalue weighted by Crippen LogP contribution is -2.46. The monoisotopic (exact) mass is 546 g/mol. The van der Waals surface area contributed by atoms with Crippen molar-refractivity contribution < 1.29 is 23.1 Å². The lowest BCUT2D eigenvalue weighted by Gasteiger charge is -2.35. The predicted octanol–water partition coefficient (Wildman–Crippen LogP) is 5.85. The van der Waals surface area contributed by atoms with Crippen molar-refractivity contribution in [1.82, 2.24) is 19.6 Å². The Bertz CT molecular complexity index is 1090. The summed E-state index contributed by atoms with van der Waals surface area (Å²) in [5.41, 5.74) is 1.15. The first-order valence-corrected chi connectivity index (χ1v) is 14.6. The molecule has 214 valence electrons. The molecule has 3 fully saturated rings. The second-order valence-electron chi connectivity index (χ2n) is 11.8. The molecule has 9 heteroatoms. The van der Waals surface area contributed by atoms with Gasteiger partial charge in [-0.05, 0) is 69.2 Å². The minimum absolute atomic E-state index is 0.0304. The third-order valence-corrected chi connectivity index (χ3v) is 9.33. The Morgan fingerprint density at radius 3 is 2.33 bits per heavy atom. The Morgan fingerprint density at radius 1 is 1.05 bits per heavy atom. The van der Waals surface area contributed by atoms with Gasteiger partial charge in [-0.1, -0.05) is 49.6 Å². The highest BCUT2D eigenvalue weighted by atomic mass is 19.4. The van der Waals surface area contributed by atoms with E-state index in [0.717, 1.165) is 75.9 Å². The summed E-state index contributed by atoms with van der Waals surface area (Å²) in [5, 5.41) is 14.6. The van der Waals surface area contributed by atoms with E-state index in [0.29, 0.717) is 11.6 Å². The van der Waals surface area contributed by atoms with Gasteiger partial charge in [0.1, 0.15) is 11.7 Å². The van der Waals surface area contributed by atoms with Gasteiger partial charge in [0.15, 0.2) is 0 Å². The topological polar surface area (TPSA) is 61.6 Å². The molecule has 1 aromatic heterocycles. The number of carbonyl (C=O) groups is 1. The second kappa shape index (κ2) is 12.0. The number of hydrogen-bond acceptors (Lipinski definition) is 4. The summed E-state index contributed by atoms with van der Waals surface area (Å²) in [5.74, 6) is 0.129. The Morgan fingerprint density at radius 2 is 1.74 bits per heavy atom. The molecule has 3 heterocycles. The van der Waals surface area contributed by atoms with Crippen LogP contribution in [0.1, 0.15) is 80.7 Å². The Labute approximate surface area is 229 Å². The van der Waals surface area contributed by atoms with Gasteiger partial charge in [0.25, 0.3) is 0 Å². The number of alkyl halides is 3. The van der Waals surface area contributed by atoms with Crippen LogP contribution in [0, 0.1) is 11.8 Å². The summed E-state index contributed by atoms with van der Waals surface area (Å²) in [6, 6.07) is 11.3. The van der Waals surface area contributed by atoms with E-state index in [9.17, 15) is 23.1 Å². The minimum atomic E-state index is -4.39. The SMILES string of the molecule is CCn1nc(C2CCN(C[C@H]3CN([C@@H](C(=O)O)C4CCCCC4)C[C@@H]3c3ccccc3)CC2)cc1C(F)(F)F. The number of hydrogen-bond donors (Lipinski definition) is 1. The number of nitrogens with zero attached hydrogens (tertiary/aromatic N) is 4. The molecule has 3 atom stereocenters. The largest absolute Gasteiger partial charge is 0.480 e. The Balaban J connectivity index is 1.27. The highest BCUT2D eigenvalue weighted by molar-refractivity contribution is 5.74. The zero-order valence-electron chi connectivity index (χ0n) is 22.8. The van der Waals surface area contributed by atoms with Crippen LogP contribution in [0.15, 0.2) is 36.4 Å². The zero-order valence-corrected chi connectivity index (χ0v) is 22.8. The van der Waals surface area contributed by atoms with Gasteiger partial charge in [0.05, 0.1) is 5.69 Å². The molecule has 39 heavy (non-hydrogen) atoms. The Hall–Kier alpha value is -2.39. The molecule has 0 bridgehead atoms. The highest BCUT2D eigenvalue weighted by Crippen LogP contribution is 2.39. The molecule has 6 nitrogen and oxygen atoms in total. The summed E-state index contributed by atoms with van der Waals surface area (Å²) < 4.78 is 41.4. The molecule has 0 spiro atoms. The molecule has 0 radical (unpaired) electrons. The van der Waals surface area contributed by atoms with Gasteiger partial charge in [-0.25, -0.2) is 0 Å². The third-order valence-electron chi connectivity index (χ3n) is 9.33. The van der Waals surface area contributed by atoms with E-state index in [1.807, 2.05) is 6.07 Å². The molecule has 0 amide bonds. The number of benzene rings is 1. The maximum Gasteiger partial charge on any atom is 0.433 e. The maximum atomic E-state index is 13.4. The van der Waals surface area contributed by atoms with Crippen molar-refractivity contribution in [3.63, 3.8) is 0 Å². The fourth-order valence-electron chi connectivity index (χ4n) is 7.35. The summed E-state index contributed by atoms with van der Waals surface area (Å²) in [7, 11) is 0. The van der Waals surface area contributed by atoms with Gasteiger partial charge in [0.2, 0.25) is 0 Å². The van der Waals surface area contributed by atoms with E-state index in [1.54, 1.807) is 6.92 Å². The number of carboxylic acids is 1. The number of likely N-dealkylation sites (tertiary alicyclic amines) is 2. The quantitative estimate of drug-likeness (QED) is 0.450. The smallest absolute Gasteiger partial charge is 0.433 e. The summed E-state index contributed by atoms with van der Waals surface area (Å²) in [6.45, 7) is 5.91. The molecule has 5 rings (SSSR count). The van der Waals surface area contributed by atoms with Gasteiger partial charge in [-0.2, -0.15) is 18.3 Å². The van der Waals surface area contributed by atoms with Crippen molar-refractivity contribution in [3.8, 4) is 0 Å². The number of aryl methyl sites for hydroxylation is 1. The fraction of sp³-hybridized carbons (Fsp3) is 0.667. The molecule has 0 unspecified atom stereocenters. The van der Waals surface area contributed by atoms with Crippen molar-refractivity contribution >= 4 is 5.97 Å². The van der Waals surface area contributed by atoms with E-state index in [4.69, 9.17) is 0 Å². The average molecular weight is 547 g/mol. The van der Waals surface area contributed by atoms with E-state index in [1.165, 1.54) is 18.1 Å². The molecule has 1 aromatic carbocycles. The van der Waals surface area contributed by atoms with E-state index < -0.39 is 23.9 Å². The minimum Gasteiger partial charge on any atom is -0.480 e.